The molecule has 1 N–H and O–H groups in total. The van der Waals surface area contributed by atoms with Crippen LogP contribution in [-0.4, -0.2) is 11.4 Å². The minimum Gasteiger partial charge on any atom is -0.508 e. The van der Waals surface area contributed by atoms with Gasteiger partial charge in [-0.25, -0.2) is 0 Å². The van der Waals surface area contributed by atoms with Crippen molar-refractivity contribution >= 4 is 17.4 Å². The monoisotopic (exact) mass is 372 g/mol. The molecule has 0 aromatic heterocycles. The van der Waals surface area contributed by atoms with Gasteiger partial charge in [-0.05, 0) is 71.5 Å². The summed E-state index contributed by atoms with van der Waals surface area (Å²) < 4.78 is 5.87. The Morgan fingerprint density at radius 3 is 1.93 bits per heavy atom. The highest BCUT2D eigenvalue weighted by Gasteiger charge is 2.10. The number of rotatable bonds is 7. The number of ether oxygens (including phenoxy) is 1. The first kappa shape index (κ1) is 19.4. The Morgan fingerprint density at radius 1 is 0.821 bits per heavy atom. The molecule has 0 aliphatic heterocycles. The van der Waals surface area contributed by atoms with Crippen molar-refractivity contribution in [3.8, 4) is 17.2 Å². The first-order chi connectivity index (χ1) is 13.6. The van der Waals surface area contributed by atoms with Crippen molar-refractivity contribution in [3.63, 3.8) is 0 Å². The van der Waals surface area contributed by atoms with E-state index in [0.717, 1.165) is 36.0 Å². The molecule has 3 aromatic rings. The lowest BCUT2D eigenvalue weighted by molar-refractivity contribution is 0.112. The summed E-state index contributed by atoms with van der Waals surface area (Å²) in [5.74, 6) is 1.64. The lowest BCUT2D eigenvalue weighted by Gasteiger charge is -2.15. The van der Waals surface area contributed by atoms with Crippen molar-refractivity contribution < 1.29 is 14.6 Å². The summed E-state index contributed by atoms with van der Waals surface area (Å²) in [5.41, 5.74) is 5.42. The van der Waals surface area contributed by atoms with Crippen LogP contribution in [0.15, 0.2) is 72.8 Å². The fourth-order valence-corrected chi connectivity index (χ4v) is 3.36. The molecule has 28 heavy (non-hydrogen) atoms. The van der Waals surface area contributed by atoms with Gasteiger partial charge >= 0.3 is 0 Å². The maximum Gasteiger partial charge on any atom is 0.150 e. The summed E-state index contributed by atoms with van der Waals surface area (Å²) in [5, 5.41) is 9.56. The lowest BCUT2D eigenvalue weighted by Crippen LogP contribution is -1.92. The Bertz CT molecular complexity index is 967. The van der Waals surface area contributed by atoms with Gasteiger partial charge < -0.3 is 9.84 Å². The van der Waals surface area contributed by atoms with Crippen molar-refractivity contribution in [2.45, 2.75) is 26.7 Å². The van der Waals surface area contributed by atoms with Gasteiger partial charge in [-0.3, -0.25) is 4.79 Å². The van der Waals surface area contributed by atoms with E-state index in [9.17, 15) is 9.90 Å². The van der Waals surface area contributed by atoms with Gasteiger partial charge in [0.1, 0.15) is 23.5 Å². The zero-order valence-corrected chi connectivity index (χ0v) is 16.2. The number of phenols is 1. The molecule has 0 atom stereocenters. The van der Waals surface area contributed by atoms with Gasteiger partial charge in [-0.15, -0.1) is 0 Å². The summed E-state index contributed by atoms with van der Waals surface area (Å²) in [4.78, 5) is 10.9. The number of carbonyl (C=O) groups excluding carboxylic acids is 1. The summed E-state index contributed by atoms with van der Waals surface area (Å²) in [6.07, 6.45) is 2.63. The van der Waals surface area contributed by atoms with E-state index in [-0.39, 0.29) is 5.75 Å². The van der Waals surface area contributed by atoms with Crippen LogP contribution in [-0.2, 0) is 0 Å². The molecular weight excluding hydrogens is 348 g/mol. The predicted octanol–water partition coefficient (Wildman–Crippen LogP) is 6.73. The third-order valence-corrected chi connectivity index (χ3v) is 4.72. The fourth-order valence-electron chi connectivity index (χ4n) is 3.36. The number of carbonyl (C=O) groups is 1. The minimum atomic E-state index is 0.275. The van der Waals surface area contributed by atoms with Crippen LogP contribution in [0.25, 0.3) is 11.1 Å². The molecule has 0 amide bonds. The molecule has 0 heterocycles. The SMILES string of the molecule is CC/C(=C(/CC)c1ccc(Oc2cccc(C=O)c2)cc1)c1ccc(O)cc1. The van der Waals surface area contributed by atoms with Crippen molar-refractivity contribution in [3.05, 3.63) is 89.5 Å². The largest absolute Gasteiger partial charge is 0.508 e. The molecule has 0 aliphatic rings. The Labute approximate surface area is 165 Å². The second-order valence-electron chi connectivity index (χ2n) is 6.53. The minimum absolute atomic E-state index is 0.275. The Balaban J connectivity index is 1.89. The molecule has 3 nitrogen and oxygen atoms in total. The molecule has 3 rings (SSSR count). The number of benzene rings is 3. The van der Waals surface area contributed by atoms with Gasteiger partial charge in [0.05, 0.1) is 0 Å². The van der Waals surface area contributed by atoms with Crippen LogP contribution in [0, 0.1) is 0 Å². The second-order valence-corrected chi connectivity index (χ2v) is 6.53. The molecule has 3 aromatic carbocycles. The van der Waals surface area contributed by atoms with Crippen LogP contribution < -0.4 is 4.74 Å². The standard InChI is InChI=1S/C25H24O3/c1-3-24(19-8-12-21(27)13-9-19)25(4-2)20-10-14-22(15-11-20)28-23-7-5-6-18(16-23)17-26/h5-17,27H,3-4H2,1-2H3/b25-24+. The number of aldehydes is 1. The summed E-state index contributed by atoms with van der Waals surface area (Å²) in [6, 6.07) is 22.5. The number of hydrogen-bond donors (Lipinski definition) is 1. The number of aromatic hydroxyl groups is 1. The van der Waals surface area contributed by atoms with Gasteiger partial charge in [0.2, 0.25) is 0 Å². The van der Waals surface area contributed by atoms with Gasteiger partial charge in [0.15, 0.2) is 0 Å². The van der Waals surface area contributed by atoms with Gasteiger partial charge in [0.25, 0.3) is 0 Å². The van der Waals surface area contributed by atoms with E-state index in [1.54, 1.807) is 30.3 Å². The molecule has 0 bridgehead atoms. The summed E-state index contributed by atoms with van der Waals surface area (Å²) >= 11 is 0. The highest BCUT2D eigenvalue weighted by Crippen LogP contribution is 2.33. The van der Waals surface area contributed by atoms with Gasteiger partial charge in [-0.2, -0.15) is 0 Å². The van der Waals surface area contributed by atoms with E-state index in [4.69, 9.17) is 4.74 Å². The van der Waals surface area contributed by atoms with E-state index >= 15 is 0 Å². The zero-order valence-electron chi connectivity index (χ0n) is 16.2. The quantitative estimate of drug-likeness (QED) is 0.369. The first-order valence-corrected chi connectivity index (χ1v) is 9.49. The second kappa shape index (κ2) is 9.05. The van der Waals surface area contributed by atoms with Crippen molar-refractivity contribution in [1.29, 1.82) is 0 Å². The first-order valence-electron chi connectivity index (χ1n) is 9.49. The number of allylic oxidation sites excluding steroid dienone is 2. The average Bonchev–Trinajstić information content (AvgIpc) is 2.74. The number of hydrogen-bond acceptors (Lipinski definition) is 3. The third kappa shape index (κ3) is 4.49. The van der Waals surface area contributed by atoms with Crippen LogP contribution in [0.5, 0.6) is 17.2 Å². The molecule has 0 saturated carbocycles. The normalized spacial score (nSPS) is 11.6. The molecular formula is C25H24O3. The Morgan fingerprint density at radius 2 is 1.39 bits per heavy atom. The van der Waals surface area contributed by atoms with Crippen LogP contribution >= 0.6 is 0 Å². The smallest absolute Gasteiger partial charge is 0.150 e. The molecule has 0 aliphatic carbocycles. The molecule has 142 valence electrons. The molecule has 0 saturated heterocycles. The molecule has 3 heteroatoms. The maximum absolute atomic E-state index is 10.9. The van der Waals surface area contributed by atoms with E-state index in [1.807, 2.05) is 30.3 Å². The van der Waals surface area contributed by atoms with Crippen LogP contribution in [0.4, 0.5) is 0 Å². The Hall–Kier alpha value is -3.33. The molecule has 0 radical (unpaired) electrons. The van der Waals surface area contributed by atoms with Crippen molar-refractivity contribution in [2.24, 2.45) is 0 Å². The highest BCUT2D eigenvalue weighted by atomic mass is 16.5. The van der Waals surface area contributed by atoms with Gasteiger partial charge in [0, 0.05) is 5.56 Å². The summed E-state index contributed by atoms with van der Waals surface area (Å²) in [6.45, 7) is 4.30. The average molecular weight is 372 g/mol. The van der Waals surface area contributed by atoms with E-state index in [2.05, 4.69) is 26.0 Å². The van der Waals surface area contributed by atoms with E-state index in [0.29, 0.717) is 11.3 Å². The van der Waals surface area contributed by atoms with Crippen molar-refractivity contribution in [1.82, 2.24) is 0 Å². The summed E-state index contributed by atoms with van der Waals surface area (Å²) in [7, 11) is 0. The van der Waals surface area contributed by atoms with E-state index in [1.165, 1.54) is 11.1 Å². The predicted molar refractivity (Wildman–Crippen MR) is 114 cm³/mol. The zero-order chi connectivity index (χ0) is 19.9. The number of phenolic OH excluding ortho intramolecular Hbond substituents is 1. The Kier molecular flexibility index (Phi) is 6.28. The van der Waals surface area contributed by atoms with Crippen molar-refractivity contribution in [2.75, 3.05) is 0 Å². The van der Waals surface area contributed by atoms with Gasteiger partial charge in [-0.1, -0.05) is 50.2 Å². The molecule has 0 unspecified atom stereocenters. The fraction of sp³-hybridized carbons (Fsp3) is 0.160. The van der Waals surface area contributed by atoms with Crippen LogP contribution in [0.3, 0.4) is 0 Å². The topological polar surface area (TPSA) is 46.5 Å². The lowest BCUT2D eigenvalue weighted by atomic mass is 9.91. The highest BCUT2D eigenvalue weighted by molar-refractivity contribution is 5.90. The van der Waals surface area contributed by atoms with Crippen LogP contribution in [0.1, 0.15) is 48.2 Å². The maximum atomic E-state index is 10.9. The van der Waals surface area contributed by atoms with Crippen LogP contribution in [0.2, 0.25) is 0 Å². The molecule has 0 spiro atoms. The third-order valence-electron chi connectivity index (χ3n) is 4.72. The molecule has 0 fully saturated rings. The van der Waals surface area contributed by atoms with E-state index < -0.39 is 0 Å².